The van der Waals surface area contributed by atoms with Gasteiger partial charge in [-0.25, -0.2) is 0 Å². The van der Waals surface area contributed by atoms with Gasteiger partial charge in [-0.1, -0.05) is 56.0 Å². The summed E-state index contributed by atoms with van der Waals surface area (Å²) < 4.78 is 12.2. The van der Waals surface area contributed by atoms with E-state index in [1.165, 1.54) is 11.8 Å². The molecule has 202 valence electrons. The van der Waals surface area contributed by atoms with Gasteiger partial charge in [0.25, 0.3) is 5.91 Å². The summed E-state index contributed by atoms with van der Waals surface area (Å²) in [6, 6.07) is 21.4. The van der Waals surface area contributed by atoms with E-state index in [4.69, 9.17) is 27.4 Å². The number of amides is 2. The summed E-state index contributed by atoms with van der Waals surface area (Å²) in [5.41, 5.74) is 7.25. The average molecular weight is 562 g/mol. The first-order valence-corrected chi connectivity index (χ1v) is 14.0. The van der Waals surface area contributed by atoms with Crippen molar-refractivity contribution in [3.63, 3.8) is 0 Å². The van der Waals surface area contributed by atoms with Crippen LogP contribution in [0, 0.1) is 0 Å². The van der Waals surface area contributed by atoms with Crippen molar-refractivity contribution in [2.45, 2.75) is 20.3 Å². The number of benzene rings is 3. The fourth-order valence-corrected chi connectivity index (χ4v) is 5.33. The molecule has 0 aromatic heterocycles. The van der Waals surface area contributed by atoms with E-state index in [2.05, 4.69) is 18.7 Å². The molecule has 2 amide bonds. The zero-order valence-corrected chi connectivity index (χ0v) is 23.6. The molecule has 1 saturated heterocycles. The second-order valence-electron chi connectivity index (χ2n) is 8.80. The van der Waals surface area contributed by atoms with E-state index in [1.54, 1.807) is 41.3 Å². The van der Waals surface area contributed by atoms with Gasteiger partial charge in [0, 0.05) is 12.1 Å². The summed E-state index contributed by atoms with van der Waals surface area (Å²) in [5, 5.41) is 0. The maximum atomic E-state index is 13.2. The van der Waals surface area contributed by atoms with Crippen LogP contribution >= 0.6 is 24.0 Å². The maximum absolute atomic E-state index is 13.2. The Bertz CT molecular complexity index is 1350. The number of hydrogen-bond acceptors (Lipinski definition) is 7. The number of rotatable bonds is 12. The van der Waals surface area contributed by atoms with E-state index in [1.807, 2.05) is 42.5 Å². The van der Waals surface area contributed by atoms with Gasteiger partial charge < -0.3 is 20.1 Å². The standard InChI is InChI=1S/C30H31N3O4S2/c1-3-32(4-2)17-6-18-36-24-15-11-23(12-16-24)33-29(35)27(39-30(33)38)19-21-9-13-25(14-10-21)37-26-8-5-7-22(20-26)28(31)34/h5,7-16,19-20H,3-4,6,17-18H2,1-2H3,(H2,31,34)/b27-19-. The molecule has 0 atom stereocenters. The van der Waals surface area contributed by atoms with Gasteiger partial charge in [-0.3, -0.25) is 14.5 Å². The summed E-state index contributed by atoms with van der Waals surface area (Å²) in [6.45, 7) is 8.05. The minimum atomic E-state index is -0.515. The molecule has 7 nitrogen and oxygen atoms in total. The molecule has 0 bridgehead atoms. The highest BCUT2D eigenvalue weighted by molar-refractivity contribution is 8.27. The van der Waals surface area contributed by atoms with Crippen molar-refractivity contribution in [2.75, 3.05) is 31.1 Å². The first kappa shape index (κ1) is 28.4. The van der Waals surface area contributed by atoms with Crippen LogP contribution in [0.1, 0.15) is 36.2 Å². The predicted octanol–water partition coefficient (Wildman–Crippen LogP) is 6.09. The lowest BCUT2D eigenvalue weighted by Gasteiger charge is -2.18. The van der Waals surface area contributed by atoms with Crippen LogP contribution in [0.2, 0.25) is 0 Å². The normalized spacial score (nSPS) is 14.3. The summed E-state index contributed by atoms with van der Waals surface area (Å²) in [6.07, 6.45) is 2.77. The van der Waals surface area contributed by atoms with Crippen LogP contribution < -0.4 is 20.1 Å². The zero-order valence-electron chi connectivity index (χ0n) is 22.0. The summed E-state index contributed by atoms with van der Waals surface area (Å²) in [7, 11) is 0. The molecule has 1 aliphatic heterocycles. The van der Waals surface area contributed by atoms with E-state index in [0.29, 0.717) is 38.6 Å². The molecule has 0 aliphatic carbocycles. The lowest BCUT2D eigenvalue weighted by molar-refractivity contribution is -0.113. The first-order valence-electron chi connectivity index (χ1n) is 12.8. The Morgan fingerprint density at radius 2 is 1.69 bits per heavy atom. The number of thioether (sulfide) groups is 1. The van der Waals surface area contributed by atoms with E-state index < -0.39 is 5.91 Å². The largest absolute Gasteiger partial charge is 0.494 e. The quantitative estimate of drug-likeness (QED) is 0.163. The van der Waals surface area contributed by atoms with Gasteiger partial charge >= 0.3 is 0 Å². The van der Waals surface area contributed by atoms with Crippen LogP contribution in [0.3, 0.4) is 0 Å². The molecule has 2 N–H and O–H groups in total. The highest BCUT2D eigenvalue weighted by Gasteiger charge is 2.33. The van der Waals surface area contributed by atoms with Crippen LogP contribution in [0.4, 0.5) is 5.69 Å². The van der Waals surface area contributed by atoms with E-state index in [-0.39, 0.29) is 5.91 Å². The molecule has 39 heavy (non-hydrogen) atoms. The number of carbonyl (C=O) groups is 2. The monoisotopic (exact) mass is 561 g/mol. The second-order valence-corrected chi connectivity index (χ2v) is 10.5. The highest BCUT2D eigenvalue weighted by atomic mass is 32.2. The van der Waals surface area contributed by atoms with Gasteiger partial charge in [-0.05, 0) is 85.7 Å². The molecule has 1 fully saturated rings. The summed E-state index contributed by atoms with van der Waals surface area (Å²) in [4.78, 5) is 29.0. The number of hydrogen-bond donors (Lipinski definition) is 1. The van der Waals surface area contributed by atoms with Gasteiger partial charge in [0.2, 0.25) is 5.91 Å². The highest BCUT2D eigenvalue weighted by Crippen LogP contribution is 2.36. The maximum Gasteiger partial charge on any atom is 0.270 e. The molecule has 3 aromatic rings. The van der Waals surface area contributed by atoms with Crippen LogP contribution in [0.15, 0.2) is 77.7 Å². The van der Waals surface area contributed by atoms with Crippen molar-refractivity contribution in [2.24, 2.45) is 5.73 Å². The molecule has 1 aliphatic rings. The smallest absolute Gasteiger partial charge is 0.270 e. The predicted molar refractivity (Wildman–Crippen MR) is 161 cm³/mol. The topological polar surface area (TPSA) is 85.1 Å². The van der Waals surface area contributed by atoms with E-state index >= 15 is 0 Å². The van der Waals surface area contributed by atoms with Crippen molar-refractivity contribution < 1.29 is 19.1 Å². The molecule has 4 rings (SSSR count). The Hall–Kier alpha value is -3.66. The molecule has 9 heteroatoms. The molecule has 1 heterocycles. The number of nitrogens with zero attached hydrogens (tertiary/aromatic N) is 2. The van der Waals surface area contributed by atoms with E-state index in [0.717, 1.165) is 37.4 Å². The van der Waals surface area contributed by atoms with Crippen LogP contribution in [0.25, 0.3) is 6.08 Å². The SMILES string of the molecule is CCN(CC)CCCOc1ccc(N2C(=O)/C(=C/c3ccc(Oc4cccc(C(N)=O)c4)cc3)SC2=S)cc1. The Morgan fingerprint density at radius 3 is 2.36 bits per heavy atom. The minimum absolute atomic E-state index is 0.165. The summed E-state index contributed by atoms with van der Waals surface area (Å²) in [5.74, 6) is 1.19. The lowest BCUT2D eigenvalue weighted by Crippen LogP contribution is -2.27. The lowest BCUT2D eigenvalue weighted by atomic mass is 10.2. The third-order valence-electron chi connectivity index (χ3n) is 6.20. The summed E-state index contributed by atoms with van der Waals surface area (Å²) >= 11 is 6.79. The Balaban J connectivity index is 1.36. The van der Waals surface area contributed by atoms with Crippen molar-refractivity contribution in [3.8, 4) is 17.2 Å². The number of nitrogens with two attached hydrogens (primary N) is 1. The van der Waals surface area contributed by atoms with Crippen molar-refractivity contribution in [1.82, 2.24) is 4.90 Å². The molecular weight excluding hydrogens is 530 g/mol. The van der Waals surface area contributed by atoms with Crippen LogP contribution in [-0.4, -0.2) is 47.3 Å². The number of anilines is 1. The molecule has 0 spiro atoms. The Labute approximate surface area is 238 Å². The van der Waals surface area contributed by atoms with Crippen molar-refractivity contribution in [1.29, 1.82) is 0 Å². The van der Waals surface area contributed by atoms with Gasteiger partial charge in [0.05, 0.1) is 17.2 Å². The molecular formula is C30H31N3O4S2. The molecule has 0 saturated carbocycles. The second kappa shape index (κ2) is 13.4. The fraction of sp³-hybridized carbons (Fsp3) is 0.233. The fourth-order valence-electron chi connectivity index (χ4n) is 4.03. The Kier molecular flexibility index (Phi) is 9.75. The Morgan fingerprint density at radius 1 is 1.00 bits per heavy atom. The van der Waals surface area contributed by atoms with Gasteiger partial charge in [0.1, 0.15) is 17.2 Å². The van der Waals surface area contributed by atoms with Crippen molar-refractivity contribution >= 4 is 51.9 Å². The number of primary amides is 1. The number of carbonyl (C=O) groups excluding carboxylic acids is 2. The van der Waals surface area contributed by atoms with Gasteiger partial charge in [-0.15, -0.1) is 0 Å². The third-order valence-corrected chi connectivity index (χ3v) is 7.50. The van der Waals surface area contributed by atoms with Crippen molar-refractivity contribution in [3.05, 3.63) is 88.8 Å². The zero-order chi connectivity index (χ0) is 27.8. The third kappa shape index (κ3) is 7.47. The number of thiocarbonyl (C=S) groups is 1. The van der Waals surface area contributed by atoms with E-state index in [9.17, 15) is 9.59 Å². The van der Waals surface area contributed by atoms with Crippen LogP contribution in [-0.2, 0) is 4.79 Å². The molecule has 0 radical (unpaired) electrons. The van der Waals surface area contributed by atoms with Gasteiger partial charge in [-0.2, -0.15) is 0 Å². The van der Waals surface area contributed by atoms with Crippen LogP contribution in [0.5, 0.6) is 17.2 Å². The average Bonchev–Trinajstić information content (AvgIpc) is 3.22. The number of ether oxygens (including phenoxy) is 2. The minimum Gasteiger partial charge on any atom is -0.494 e. The first-order chi connectivity index (χ1) is 18.9. The van der Waals surface area contributed by atoms with Gasteiger partial charge in [0.15, 0.2) is 4.32 Å². The molecule has 0 unspecified atom stereocenters. The molecule has 3 aromatic carbocycles.